The van der Waals surface area contributed by atoms with Crippen LogP contribution in [0.1, 0.15) is 20.3 Å². The van der Waals surface area contributed by atoms with E-state index in [1.54, 1.807) is 14.2 Å². The highest BCUT2D eigenvalue weighted by atomic mass is 16.5. The number of methoxy groups -OCH3 is 1. The molecule has 0 aliphatic carbocycles. The van der Waals surface area contributed by atoms with Crippen LogP contribution in [0.15, 0.2) is 0 Å². The van der Waals surface area contributed by atoms with Gasteiger partial charge in [0.25, 0.3) is 0 Å². The van der Waals surface area contributed by atoms with Gasteiger partial charge in [0.05, 0.1) is 12.0 Å². The zero-order chi connectivity index (χ0) is 12.8. The second kappa shape index (κ2) is 6.32. The number of carbonyl (C=O) groups excluding carboxylic acids is 1. The first kappa shape index (κ1) is 14.7. The minimum absolute atomic E-state index is 0.0579. The zero-order valence-electron chi connectivity index (χ0n) is 10.2. The lowest BCUT2D eigenvalue weighted by Gasteiger charge is -2.25. The standard InChI is InChI=1S/C10H20N2O4/c1-10(2,16-4)7-11-9(15)12(3)6-5-8(13)14/h5-7H2,1-4H3,(H,11,15)(H,13,14). The Labute approximate surface area is 95.6 Å². The van der Waals surface area contributed by atoms with Gasteiger partial charge in [0.1, 0.15) is 0 Å². The molecule has 0 unspecified atom stereocenters. The smallest absolute Gasteiger partial charge is 0.317 e. The van der Waals surface area contributed by atoms with E-state index < -0.39 is 11.6 Å². The van der Waals surface area contributed by atoms with Gasteiger partial charge in [-0.2, -0.15) is 0 Å². The predicted molar refractivity (Wildman–Crippen MR) is 59.4 cm³/mol. The minimum atomic E-state index is -0.920. The van der Waals surface area contributed by atoms with E-state index in [9.17, 15) is 9.59 Å². The number of urea groups is 1. The van der Waals surface area contributed by atoms with Crippen LogP contribution in [0.25, 0.3) is 0 Å². The summed E-state index contributed by atoms with van der Waals surface area (Å²) in [4.78, 5) is 23.1. The van der Waals surface area contributed by atoms with E-state index in [1.807, 2.05) is 13.8 Å². The summed E-state index contributed by atoms with van der Waals surface area (Å²) in [5.41, 5.74) is -0.427. The third-order valence-corrected chi connectivity index (χ3v) is 2.23. The maximum absolute atomic E-state index is 11.5. The van der Waals surface area contributed by atoms with E-state index in [0.717, 1.165) is 0 Å². The van der Waals surface area contributed by atoms with Crippen molar-refractivity contribution in [3.8, 4) is 0 Å². The average Bonchev–Trinajstić information content (AvgIpc) is 2.22. The van der Waals surface area contributed by atoms with Crippen LogP contribution in [0.5, 0.6) is 0 Å². The summed E-state index contributed by atoms with van der Waals surface area (Å²) >= 11 is 0. The SMILES string of the molecule is COC(C)(C)CNC(=O)N(C)CCC(=O)O. The van der Waals surface area contributed by atoms with E-state index in [2.05, 4.69) is 5.32 Å². The fourth-order valence-electron chi connectivity index (χ4n) is 0.860. The third kappa shape index (κ3) is 6.23. The molecule has 0 rings (SSSR count). The Morgan fingerprint density at radius 1 is 1.44 bits per heavy atom. The molecule has 6 heteroatoms. The van der Waals surface area contributed by atoms with Crippen LogP contribution >= 0.6 is 0 Å². The van der Waals surface area contributed by atoms with Gasteiger partial charge in [-0.25, -0.2) is 4.79 Å². The number of hydrogen-bond donors (Lipinski definition) is 2. The molecule has 2 N–H and O–H groups in total. The molecule has 0 aromatic rings. The molecule has 2 amide bonds. The Hall–Kier alpha value is -1.30. The van der Waals surface area contributed by atoms with Crippen molar-refractivity contribution >= 4 is 12.0 Å². The largest absolute Gasteiger partial charge is 0.481 e. The molecule has 6 nitrogen and oxygen atoms in total. The monoisotopic (exact) mass is 232 g/mol. The van der Waals surface area contributed by atoms with Crippen molar-refractivity contribution in [2.75, 3.05) is 27.2 Å². The van der Waals surface area contributed by atoms with Crippen molar-refractivity contribution in [2.45, 2.75) is 25.9 Å². The average molecular weight is 232 g/mol. The number of carboxylic acids is 1. The lowest BCUT2D eigenvalue weighted by Crippen LogP contribution is -2.45. The normalized spacial score (nSPS) is 11.0. The van der Waals surface area contributed by atoms with Crippen LogP contribution in [0.4, 0.5) is 4.79 Å². The fourth-order valence-corrected chi connectivity index (χ4v) is 0.860. The number of carboxylic acid groups (broad SMARTS) is 1. The predicted octanol–water partition coefficient (Wildman–Crippen LogP) is 0.527. The lowest BCUT2D eigenvalue weighted by molar-refractivity contribution is -0.137. The molecule has 0 aliphatic heterocycles. The molecule has 0 aliphatic rings. The molecular weight excluding hydrogens is 212 g/mol. The number of ether oxygens (including phenoxy) is 1. The number of carbonyl (C=O) groups is 2. The van der Waals surface area contributed by atoms with Crippen molar-refractivity contribution in [1.82, 2.24) is 10.2 Å². The molecule has 0 spiro atoms. The van der Waals surface area contributed by atoms with Gasteiger partial charge in [0.15, 0.2) is 0 Å². The van der Waals surface area contributed by atoms with Crippen molar-refractivity contribution in [3.05, 3.63) is 0 Å². The van der Waals surface area contributed by atoms with Crippen molar-refractivity contribution in [2.24, 2.45) is 0 Å². The topological polar surface area (TPSA) is 78.9 Å². The number of nitrogens with zero attached hydrogens (tertiary/aromatic N) is 1. The maximum atomic E-state index is 11.5. The van der Waals surface area contributed by atoms with Crippen LogP contribution in [0.3, 0.4) is 0 Å². The first-order valence-corrected chi connectivity index (χ1v) is 5.04. The molecule has 0 fully saturated rings. The van der Waals surface area contributed by atoms with Gasteiger partial charge in [-0.15, -0.1) is 0 Å². The van der Waals surface area contributed by atoms with Crippen LogP contribution in [-0.4, -0.2) is 54.9 Å². The van der Waals surface area contributed by atoms with Crippen molar-refractivity contribution in [3.63, 3.8) is 0 Å². The van der Waals surface area contributed by atoms with E-state index >= 15 is 0 Å². The van der Waals surface area contributed by atoms with Crippen LogP contribution in [0, 0.1) is 0 Å². The fraction of sp³-hybridized carbons (Fsp3) is 0.800. The van der Waals surface area contributed by atoms with Crippen LogP contribution < -0.4 is 5.32 Å². The van der Waals surface area contributed by atoms with E-state index in [-0.39, 0.29) is 19.0 Å². The Balaban J connectivity index is 3.92. The summed E-state index contributed by atoms with van der Waals surface area (Å²) in [6.45, 7) is 4.27. The van der Waals surface area contributed by atoms with Gasteiger partial charge < -0.3 is 20.1 Å². The van der Waals surface area contributed by atoms with E-state index in [0.29, 0.717) is 6.54 Å². The molecule has 0 bridgehead atoms. The first-order valence-electron chi connectivity index (χ1n) is 5.04. The first-order chi connectivity index (χ1) is 7.28. The summed E-state index contributed by atoms with van der Waals surface area (Å²) < 4.78 is 5.14. The molecule has 0 saturated heterocycles. The van der Waals surface area contributed by atoms with Crippen molar-refractivity contribution < 1.29 is 19.4 Å². The van der Waals surface area contributed by atoms with Gasteiger partial charge in [-0.05, 0) is 13.8 Å². The van der Waals surface area contributed by atoms with Crippen LogP contribution in [-0.2, 0) is 9.53 Å². The Morgan fingerprint density at radius 2 is 2.00 bits per heavy atom. The minimum Gasteiger partial charge on any atom is -0.481 e. The van der Waals surface area contributed by atoms with Gasteiger partial charge in [0, 0.05) is 27.2 Å². The number of rotatable bonds is 6. The van der Waals surface area contributed by atoms with Gasteiger partial charge >= 0.3 is 12.0 Å². The van der Waals surface area contributed by atoms with E-state index in [1.165, 1.54) is 4.90 Å². The Bertz CT molecular complexity index is 253. The molecule has 0 radical (unpaired) electrons. The molecule has 0 heterocycles. The third-order valence-electron chi connectivity index (χ3n) is 2.23. The van der Waals surface area contributed by atoms with Gasteiger partial charge in [0.2, 0.25) is 0 Å². The molecule has 16 heavy (non-hydrogen) atoms. The number of aliphatic carboxylic acids is 1. The lowest BCUT2D eigenvalue weighted by atomic mass is 10.1. The number of amides is 2. The summed E-state index contributed by atoms with van der Waals surface area (Å²) in [6.07, 6.45) is -0.0579. The number of hydrogen-bond acceptors (Lipinski definition) is 3. The van der Waals surface area contributed by atoms with Crippen LogP contribution in [0.2, 0.25) is 0 Å². The summed E-state index contributed by atoms with van der Waals surface area (Å²) in [5, 5.41) is 11.1. The highest BCUT2D eigenvalue weighted by Crippen LogP contribution is 2.04. The molecule has 0 aromatic heterocycles. The molecule has 0 atom stereocenters. The Kier molecular flexibility index (Phi) is 5.81. The zero-order valence-corrected chi connectivity index (χ0v) is 10.2. The van der Waals surface area contributed by atoms with Crippen molar-refractivity contribution in [1.29, 1.82) is 0 Å². The molecule has 0 saturated carbocycles. The highest BCUT2D eigenvalue weighted by molar-refractivity contribution is 5.75. The van der Waals surface area contributed by atoms with E-state index in [4.69, 9.17) is 9.84 Å². The highest BCUT2D eigenvalue weighted by Gasteiger charge is 2.18. The maximum Gasteiger partial charge on any atom is 0.317 e. The molecular formula is C10H20N2O4. The molecule has 0 aromatic carbocycles. The summed E-state index contributed by atoms with van der Waals surface area (Å²) in [6, 6.07) is -0.300. The molecule has 94 valence electrons. The quantitative estimate of drug-likeness (QED) is 0.700. The summed E-state index contributed by atoms with van der Waals surface area (Å²) in [5.74, 6) is -0.920. The van der Waals surface area contributed by atoms with Gasteiger partial charge in [-0.1, -0.05) is 0 Å². The second-order valence-corrected chi connectivity index (χ2v) is 4.19. The Morgan fingerprint density at radius 3 is 2.44 bits per heavy atom. The number of nitrogens with one attached hydrogen (secondary N) is 1. The second-order valence-electron chi connectivity index (χ2n) is 4.19. The summed E-state index contributed by atoms with van der Waals surface area (Å²) in [7, 11) is 3.12. The van der Waals surface area contributed by atoms with Gasteiger partial charge in [-0.3, -0.25) is 4.79 Å².